The van der Waals surface area contributed by atoms with Crippen molar-refractivity contribution >= 4 is 16.9 Å². The van der Waals surface area contributed by atoms with E-state index >= 15 is 0 Å². The highest BCUT2D eigenvalue weighted by Gasteiger charge is 2.51. The molecule has 2 N–H and O–H groups in total. The number of nitrogens with zero attached hydrogens (tertiary/aromatic N) is 2. The van der Waals surface area contributed by atoms with Crippen molar-refractivity contribution in [2.24, 2.45) is 0 Å². The molecule has 0 fully saturated rings. The third-order valence-corrected chi connectivity index (χ3v) is 7.15. The third kappa shape index (κ3) is 3.11. The summed E-state index contributed by atoms with van der Waals surface area (Å²) in [4.78, 5) is 0. The molecule has 4 heteroatoms. The summed E-state index contributed by atoms with van der Waals surface area (Å²) in [7, 11) is 0. The van der Waals surface area contributed by atoms with Gasteiger partial charge in [-0.15, -0.1) is 0 Å². The van der Waals surface area contributed by atoms with Gasteiger partial charge in [0.25, 0.3) is 0 Å². The number of rotatable bonds is 2. The van der Waals surface area contributed by atoms with E-state index < -0.39 is 0 Å². The fourth-order valence-electron chi connectivity index (χ4n) is 5.66. The second kappa shape index (κ2) is 6.61. The van der Waals surface area contributed by atoms with Crippen LogP contribution in [0.2, 0.25) is 0 Å². The molecule has 172 valence electrons. The van der Waals surface area contributed by atoms with E-state index in [4.69, 9.17) is 0 Å². The minimum Gasteiger partial charge on any atom is -0.288 e. The van der Waals surface area contributed by atoms with Crippen molar-refractivity contribution in [1.82, 2.24) is 0 Å². The molecule has 0 heterocycles. The van der Waals surface area contributed by atoms with Crippen molar-refractivity contribution in [3.05, 3.63) is 64.2 Å². The van der Waals surface area contributed by atoms with Crippen LogP contribution in [-0.4, -0.2) is 21.5 Å². The van der Waals surface area contributed by atoms with Crippen molar-refractivity contribution < 1.29 is 10.4 Å². The van der Waals surface area contributed by atoms with Crippen LogP contribution in [-0.2, 0) is 10.8 Å². The smallest absolute Gasteiger partial charge is 0.0643 e. The molecule has 0 bridgehead atoms. The molecule has 2 aromatic rings. The summed E-state index contributed by atoms with van der Waals surface area (Å²) in [6.07, 6.45) is 0. The molecule has 32 heavy (non-hydrogen) atoms. The zero-order valence-corrected chi connectivity index (χ0v) is 21.3. The summed E-state index contributed by atoms with van der Waals surface area (Å²) in [5.41, 5.74) is 8.25. The molecule has 2 aliphatic carbocycles. The monoisotopic (exact) mass is 434 g/mol. The standard InChI is InChI=1S/C28H38N2O2/c1-25(2,3)29(31)17-11-13-19-21(15-17)27(7,8)24-23(19)20-14-12-18(30(32)26(4,5)6)16-22(20)28(24,9)10/h11-16,31-32H,1-10H3. The Morgan fingerprint density at radius 1 is 0.625 bits per heavy atom. The van der Waals surface area contributed by atoms with Gasteiger partial charge in [0, 0.05) is 10.8 Å². The maximum absolute atomic E-state index is 10.8. The maximum Gasteiger partial charge on any atom is 0.0643 e. The second-order valence-electron chi connectivity index (χ2n) is 12.4. The molecule has 0 aliphatic heterocycles. The van der Waals surface area contributed by atoms with E-state index in [0.717, 1.165) is 11.4 Å². The Labute approximate surface area is 193 Å². The van der Waals surface area contributed by atoms with Crippen LogP contribution in [0, 0.1) is 0 Å². The van der Waals surface area contributed by atoms with Crippen LogP contribution in [0.5, 0.6) is 0 Å². The zero-order chi connectivity index (χ0) is 24.0. The Balaban J connectivity index is 1.88. The van der Waals surface area contributed by atoms with Crippen LogP contribution in [0.3, 0.4) is 0 Å². The first-order valence-corrected chi connectivity index (χ1v) is 11.5. The van der Waals surface area contributed by atoms with Gasteiger partial charge < -0.3 is 0 Å². The molecule has 0 spiro atoms. The number of fused-ring (bicyclic) bond motifs is 4. The lowest BCUT2D eigenvalue weighted by atomic mass is 9.68. The minimum atomic E-state index is -0.376. The average molecular weight is 435 g/mol. The van der Waals surface area contributed by atoms with Gasteiger partial charge in [0.2, 0.25) is 0 Å². The maximum atomic E-state index is 10.8. The Hall–Kier alpha value is -2.30. The summed E-state index contributed by atoms with van der Waals surface area (Å²) in [6.45, 7) is 21.2. The van der Waals surface area contributed by atoms with Crippen LogP contribution in [0.25, 0.3) is 5.57 Å². The van der Waals surface area contributed by atoms with Crippen molar-refractivity contribution in [3.8, 4) is 0 Å². The quantitative estimate of drug-likeness (QED) is 0.497. The summed E-state index contributed by atoms with van der Waals surface area (Å²) in [5.74, 6) is 0. The van der Waals surface area contributed by atoms with E-state index in [9.17, 15) is 10.4 Å². The van der Waals surface area contributed by atoms with Gasteiger partial charge in [-0.2, -0.15) is 0 Å². The zero-order valence-electron chi connectivity index (χ0n) is 21.3. The lowest BCUT2D eigenvalue weighted by molar-refractivity contribution is 0.181. The van der Waals surface area contributed by atoms with Gasteiger partial charge in [0.05, 0.1) is 22.5 Å². The number of anilines is 2. The number of benzene rings is 2. The summed E-state index contributed by atoms with van der Waals surface area (Å²) < 4.78 is 0. The molecule has 2 aromatic carbocycles. The molecule has 0 amide bonds. The van der Waals surface area contributed by atoms with Gasteiger partial charge in [-0.3, -0.25) is 20.5 Å². The molecule has 4 nitrogen and oxygen atoms in total. The van der Waals surface area contributed by atoms with E-state index in [1.807, 2.05) is 53.7 Å². The van der Waals surface area contributed by atoms with Gasteiger partial charge in [-0.05, 0) is 99.2 Å². The van der Waals surface area contributed by atoms with Crippen molar-refractivity contribution in [3.63, 3.8) is 0 Å². The molecular weight excluding hydrogens is 396 g/mol. The number of hydrogen-bond donors (Lipinski definition) is 2. The van der Waals surface area contributed by atoms with Gasteiger partial charge in [0.15, 0.2) is 0 Å². The normalized spacial score (nSPS) is 18.4. The predicted octanol–water partition coefficient (Wildman–Crippen LogP) is 7.06. The van der Waals surface area contributed by atoms with Crippen molar-refractivity contribution in [2.75, 3.05) is 10.1 Å². The molecule has 0 unspecified atom stereocenters. The van der Waals surface area contributed by atoms with Crippen LogP contribution in [0.1, 0.15) is 91.5 Å². The molecule has 0 atom stereocenters. The fraction of sp³-hybridized carbons (Fsp3) is 0.500. The Morgan fingerprint density at radius 2 is 0.969 bits per heavy atom. The Morgan fingerprint density at radius 3 is 1.28 bits per heavy atom. The third-order valence-electron chi connectivity index (χ3n) is 7.15. The van der Waals surface area contributed by atoms with Crippen LogP contribution in [0.15, 0.2) is 42.0 Å². The first kappa shape index (κ1) is 22.9. The lowest BCUT2D eigenvalue weighted by Crippen LogP contribution is -2.39. The summed E-state index contributed by atoms with van der Waals surface area (Å²) in [6, 6.07) is 12.7. The number of hydrogen-bond acceptors (Lipinski definition) is 4. The first-order chi connectivity index (χ1) is 14.5. The van der Waals surface area contributed by atoms with E-state index in [0.29, 0.717) is 0 Å². The largest absolute Gasteiger partial charge is 0.288 e. The molecule has 0 radical (unpaired) electrons. The molecular formula is C28H38N2O2. The lowest BCUT2D eigenvalue weighted by Gasteiger charge is -2.37. The van der Waals surface area contributed by atoms with Gasteiger partial charge in [0.1, 0.15) is 0 Å². The van der Waals surface area contributed by atoms with Gasteiger partial charge in [-0.1, -0.05) is 39.8 Å². The van der Waals surface area contributed by atoms with Crippen LogP contribution >= 0.6 is 0 Å². The molecule has 0 saturated carbocycles. The van der Waals surface area contributed by atoms with Crippen molar-refractivity contribution in [1.29, 1.82) is 0 Å². The minimum absolute atomic E-state index is 0.176. The van der Waals surface area contributed by atoms with E-state index in [-0.39, 0.29) is 21.9 Å². The molecule has 4 rings (SSSR count). The molecule has 0 aromatic heterocycles. The second-order valence-corrected chi connectivity index (χ2v) is 12.4. The van der Waals surface area contributed by atoms with E-state index in [1.54, 1.807) is 0 Å². The fourth-order valence-corrected chi connectivity index (χ4v) is 5.66. The highest BCUT2D eigenvalue weighted by atomic mass is 16.5. The predicted molar refractivity (Wildman–Crippen MR) is 133 cm³/mol. The highest BCUT2D eigenvalue weighted by Crippen LogP contribution is 2.61. The first-order valence-electron chi connectivity index (χ1n) is 11.5. The number of allylic oxidation sites excluding steroid dienone is 1. The Kier molecular flexibility index (Phi) is 4.73. The van der Waals surface area contributed by atoms with Gasteiger partial charge >= 0.3 is 0 Å². The number of hydroxylamine groups is 2. The summed E-state index contributed by atoms with van der Waals surface area (Å²) >= 11 is 0. The van der Waals surface area contributed by atoms with E-state index in [1.165, 1.54) is 43.5 Å². The SMILES string of the molecule is CC1(C)C2=C(c3ccc(N(O)C(C)(C)C)cc31)c1ccc(N(O)C(C)(C)C)cc1C2(C)C. The Bertz CT molecular complexity index is 1040. The van der Waals surface area contributed by atoms with E-state index in [2.05, 4.69) is 52.0 Å². The topological polar surface area (TPSA) is 46.9 Å². The molecule has 0 saturated heterocycles. The highest BCUT2D eigenvalue weighted by molar-refractivity contribution is 5.97. The van der Waals surface area contributed by atoms with Crippen molar-refractivity contribution in [2.45, 2.75) is 91.1 Å². The molecule has 2 aliphatic rings. The van der Waals surface area contributed by atoms with Gasteiger partial charge in [-0.25, -0.2) is 0 Å². The average Bonchev–Trinajstić information content (AvgIpc) is 3.06. The van der Waals surface area contributed by atoms with Crippen LogP contribution < -0.4 is 10.1 Å². The summed E-state index contributed by atoms with van der Waals surface area (Å²) in [5, 5.41) is 24.2. The van der Waals surface area contributed by atoms with Crippen LogP contribution in [0.4, 0.5) is 11.4 Å².